The van der Waals surface area contributed by atoms with Gasteiger partial charge >= 0.3 is 6.18 Å². The van der Waals surface area contributed by atoms with Crippen LogP contribution in [0.3, 0.4) is 0 Å². The Kier molecular flexibility index (Phi) is 3.82. The fourth-order valence-corrected chi connectivity index (χ4v) is 2.34. The Morgan fingerprint density at radius 1 is 1.08 bits per heavy atom. The van der Waals surface area contributed by atoms with Crippen LogP contribution in [0, 0.1) is 6.92 Å². The molecule has 0 fully saturated rings. The second-order valence-corrected chi connectivity index (χ2v) is 5.67. The fraction of sp³-hybridized carbons (Fsp3) is 0.250. The van der Waals surface area contributed by atoms with E-state index in [0.717, 1.165) is 5.69 Å². The van der Waals surface area contributed by atoms with Crippen LogP contribution in [0.1, 0.15) is 11.5 Å². The van der Waals surface area contributed by atoms with E-state index in [1.165, 1.54) is 0 Å². The molecule has 0 bridgehead atoms. The van der Waals surface area contributed by atoms with Crippen molar-refractivity contribution in [2.45, 2.75) is 13.1 Å². The third-order valence-electron chi connectivity index (χ3n) is 3.52. The zero-order valence-electron chi connectivity index (χ0n) is 13.4. The lowest BCUT2D eigenvalue weighted by Gasteiger charge is -2.14. The fourth-order valence-electron chi connectivity index (χ4n) is 2.34. The van der Waals surface area contributed by atoms with Crippen LogP contribution in [0.25, 0.3) is 11.0 Å². The maximum absolute atomic E-state index is 13.0. The van der Waals surface area contributed by atoms with Crippen molar-refractivity contribution in [1.29, 1.82) is 0 Å². The maximum Gasteiger partial charge on any atom is 0.451 e. The number of aromatic amines is 1. The number of aromatic nitrogens is 3. The number of benzene rings is 1. The van der Waals surface area contributed by atoms with Gasteiger partial charge in [0.05, 0.1) is 5.39 Å². The summed E-state index contributed by atoms with van der Waals surface area (Å²) in [6.07, 6.45) is -4.61. The smallest absolute Gasteiger partial charge is 0.378 e. The van der Waals surface area contributed by atoms with Crippen molar-refractivity contribution in [3.63, 3.8) is 0 Å². The molecule has 126 valence electrons. The number of nitrogens with zero attached hydrogens (tertiary/aromatic N) is 3. The number of hydrogen-bond donors (Lipinski definition) is 2. The van der Waals surface area contributed by atoms with Crippen LogP contribution < -0.4 is 10.2 Å². The molecule has 3 rings (SSSR count). The minimum absolute atomic E-state index is 0.120. The molecule has 0 saturated carbocycles. The zero-order valence-corrected chi connectivity index (χ0v) is 13.4. The normalized spacial score (nSPS) is 11.8. The average molecular weight is 335 g/mol. The molecule has 8 heteroatoms. The standard InChI is InChI=1S/C16H16F3N5/c1-9-8-12-13(20-9)22-15(16(17,18)19)23-14(12)21-10-4-6-11(7-5-10)24(2)3/h4-8H,1-3H3,(H2,20,21,22,23). The largest absolute Gasteiger partial charge is 0.451 e. The summed E-state index contributed by atoms with van der Waals surface area (Å²) in [7, 11) is 3.82. The molecule has 2 aromatic heterocycles. The van der Waals surface area contributed by atoms with Crippen LogP contribution in [0.4, 0.5) is 30.4 Å². The first-order chi connectivity index (χ1) is 11.2. The predicted molar refractivity (Wildman–Crippen MR) is 87.7 cm³/mol. The van der Waals surface area contributed by atoms with Crippen molar-refractivity contribution in [3.8, 4) is 0 Å². The maximum atomic E-state index is 13.0. The van der Waals surface area contributed by atoms with Crippen LogP contribution in [0.2, 0.25) is 0 Å². The number of alkyl halides is 3. The van der Waals surface area contributed by atoms with E-state index >= 15 is 0 Å². The highest BCUT2D eigenvalue weighted by atomic mass is 19.4. The highest BCUT2D eigenvalue weighted by molar-refractivity contribution is 5.89. The number of nitrogens with one attached hydrogen (secondary N) is 2. The molecule has 0 spiro atoms. The van der Waals surface area contributed by atoms with Crippen LogP contribution >= 0.6 is 0 Å². The average Bonchev–Trinajstić information content (AvgIpc) is 2.87. The second-order valence-electron chi connectivity index (χ2n) is 5.67. The highest BCUT2D eigenvalue weighted by Crippen LogP contribution is 2.32. The van der Waals surface area contributed by atoms with Gasteiger partial charge in [-0.05, 0) is 37.3 Å². The summed E-state index contributed by atoms with van der Waals surface area (Å²) in [6, 6.07) is 9.03. The number of H-pyrrole nitrogens is 1. The molecule has 3 aromatic rings. The van der Waals surface area contributed by atoms with Crippen LogP contribution in [-0.4, -0.2) is 29.0 Å². The van der Waals surface area contributed by atoms with E-state index < -0.39 is 12.0 Å². The van der Waals surface area contributed by atoms with Gasteiger partial charge in [0.15, 0.2) is 0 Å². The predicted octanol–water partition coefficient (Wildman–Crippen LogP) is 4.09. The number of anilines is 3. The third kappa shape index (κ3) is 3.12. The van der Waals surface area contributed by atoms with Gasteiger partial charge in [-0.3, -0.25) is 0 Å². The van der Waals surface area contributed by atoms with Gasteiger partial charge in [0, 0.05) is 31.2 Å². The minimum atomic E-state index is -4.61. The molecule has 0 aliphatic rings. The first kappa shape index (κ1) is 16.1. The van der Waals surface area contributed by atoms with Gasteiger partial charge in [0.25, 0.3) is 0 Å². The van der Waals surface area contributed by atoms with Crippen molar-refractivity contribution >= 4 is 28.2 Å². The summed E-state index contributed by atoms with van der Waals surface area (Å²) in [6.45, 7) is 1.75. The minimum Gasteiger partial charge on any atom is -0.378 e. The van der Waals surface area contributed by atoms with E-state index in [1.807, 2.05) is 31.1 Å². The molecule has 0 radical (unpaired) electrons. The SMILES string of the molecule is Cc1cc2c(Nc3ccc(N(C)C)cc3)nc(C(F)(F)F)nc2[nH]1. The van der Waals surface area contributed by atoms with Crippen LogP contribution in [0.15, 0.2) is 30.3 Å². The Morgan fingerprint density at radius 3 is 2.33 bits per heavy atom. The summed E-state index contributed by atoms with van der Waals surface area (Å²) < 4.78 is 39.0. The Bertz CT molecular complexity index is 866. The summed E-state index contributed by atoms with van der Waals surface area (Å²) in [4.78, 5) is 12.0. The molecule has 0 atom stereocenters. The van der Waals surface area contributed by atoms with Gasteiger partial charge in [0.2, 0.25) is 5.82 Å². The second kappa shape index (κ2) is 5.70. The van der Waals surface area contributed by atoms with Gasteiger partial charge in [-0.2, -0.15) is 13.2 Å². The summed E-state index contributed by atoms with van der Waals surface area (Å²) in [5, 5.41) is 3.46. The third-order valence-corrected chi connectivity index (χ3v) is 3.52. The lowest BCUT2D eigenvalue weighted by molar-refractivity contribution is -0.144. The van der Waals surface area contributed by atoms with Crippen molar-refractivity contribution < 1.29 is 13.2 Å². The molecule has 2 N–H and O–H groups in total. The van der Waals surface area contributed by atoms with E-state index in [4.69, 9.17) is 0 Å². The van der Waals surface area contributed by atoms with E-state index in [0.29, 0.717) is 16.8 Å². The molecular formula is C16H16F3N5. The van der Waals surface area contributed by atoms with Crippen molar-refractivity contribution in [1.82, 2.24) is 15.0 Å². The quantitative estimate of drug-likeness (QED) is 0.757. The monoisotopic (exact) mass is 335 g/mol. The topological polar surface area (TPSA) is 56.8 Å². The molecule has 0 saturated heterocycles. The lowest BCUT2D eigenvalue weighted by Crippen LogP contribution is -2.12. The molecule has 0 unspecified atom stereocenters. The highest BCUT2D eigenvalue weighted by Gasteiger charge is 2.35. The summed E-state index contributed by atoms with van der Waals surface area (Å²) >= 11 is 0. The van der Waals surface area contributed by atoms with Crippen molar-refractivity contribution in [3.05, 3.63) is 41.9 Å². The Morgan fingerprint density at radius 2 is 1.75 bits per heavy atom. The van der Waals surface area contributed by atoms with Gasteiger partial charge in [0.1, 0.15) is 11.5 Å². The molecule has 0 aliphatic heterocycles. The molecule has 1 aromatic carbocycles. The number of rotatable bonds is 3. The molecule has 24 heavy (non-hydrogen) atoms. The van der Waals surface area contributed by atoms with Crippen molar-refractivity contribution in [2.75, 3.05) is 24.3 Å². The lowest BCUT2D eigenvalue weighted by atomic mass is 10.2. The van der Waals surface area contributed by atoms with Gasteiger partial charge in [-0.1, -0.05) is 0 Å². The Labute approximate surface area is 136 Å². The molecular weight excluding hydrogens is 319 g/mol. The molecule has 0 amide bonds. The van der Waals surface area contributed by atoms with E-state index in [9.17, 15) is 13.2 Å². The van der Waals surface area contributed by atoms with Gasteiger partial charge < -0.3 is 15.2 Å². The first-order valence-electron chi connectivity index (χ1n) is 7.23. The molecule has 0 aliphatic carbocycles. The number of aryl methyl sites for hydroxylation is 1. The number of fused-ring (bicyclic) bond motifs is 1. The Balaban J connectivity index is 2.04. The van der Waals surface area contributed by atoms with Crippen LogP contribution in [0.5, 0.6) is 0 Å². The molecule has 2 heterocycles. The van der Waals surface area contributed by atoms with Crippen molar-refractivity contribution in [2.24, 2.45) is 0 Å². The van der Waals surface area contributed by atoms with Crippen LogP contribution in [-0.2, 0) is 6.18 Å². The number of halogens is 3. The number of hydrogen-bond acceptors (Lipinski definition) is 4. The van der Waals surface area contributed by atoms with Gasteiger partial charge in [-0.15, -0.1) is 0 Å². The zero-order chi connectivity index (χ0) is 17.5. The van der Waals surface area contributed by atoms with Gasteiger partial charge in [-0.25, -0.2) is 9.97 Å². The first-order valence-corrected chi connectivity index (χ1v) is 7.23. The Hall–Kier alpha value is -2.77. The van der Waals surface area contributed by atoms with E-state index in [2.05, 4.69) is 20.3 Å². The molecule has 5 nitrogen and oxygen atoms in total. The van der Waals surface area contributed by atoms with E-state index in [-0.39, 0.29) is 11.5 Å². The van der Waals surface area contributed by atoms with E-state index in [1.54, 1.807) is 25.1 Å². The summed E-state index contributed by atoms with van der Waals surface area (Å²) in [5.74, 6) is -1.06. The summed E-state index contributed by atoms with van der Waals surface area (Å²) in [5.41, 5.74) is 2.50.